The van der Waals surface area contributed by atoms with Crippen LogP contribution in [0.15, 0.2) is 48.5 Å². The van der Waals surface area contributed by atoms with Gasteiger partial charge in [0.2, 0.25) is 0 Å². The minimum absolute atomic E-state index is 0.456. The first-order chi connectivity index (χ1) is 11.3. The second-order valence-corrected chi connectivity index (χ2v) is 6.08. The highest BCUT2D eigenvalue weighted by atomic mass is 15.3. The third kappa shape index (κ3) is 2.22. The van der Waals surface area contributed by atoms with Gasteiger partial charge in [-0.05, 0) is 25.0 Å². The fourth-order valence-electron chi connectivity index (χ4n) is 3.30. The molecule has 0 fully saturated rings. The number of hydrogen-bond donors (Lipinski definition) is 1. The fourth-order valence-corrected chi connectivity index (χ4v) is 3.30. The molecular weight excluding hydrogens is 284 g/mol. The number of fused-ring (bicyclic) bond motifs is 5. The monoisotopic (exact) mass is 304 g/mol. The van der Waals surface area contributed by atoms with Crippen LogP contribution in [-0.4, -0.2) is 21.5 Å². The van der Waals surface area contributed by atoms with Gasteiger partial charge in [0.25, 0.3) is 0 Å². The summed E-state index contributed by atoms with van der Waals surface area (Å²) in [6.07, 6.45) is 1.10. The van der Waals surface area contributed by atoms with E-state index in [9.17, 15) is 0 Å². The Morgan fingerprint density at radius 1 is 1.00 bits per heavy atom. The van der Waals surface area contributed by atoms with Gasteiger partial charge in [-0.1, -0.05) is 49.4 Å². The molecule has 3 aromatic rings. The molecule has 4 nitrogen and oxygen atoms in total. The average Bonchev–Trinajstić information content (AvgIpc) is 3.07. The van der Waals surface area contributed by atoms with Crippen LogP contribution in [0.4, 0.5) is 5.69 Å². The van der Waals surface area contributed by atoms with Crippen molar-refractivity contribution in [3.63, 3.8) is 0 Å². The number of nitrogens with zero attached hydrogens (tertiary/aromatic N) is 3. The molecule has 4 heteroatoms. The molecule has 0 saturated carbocycles. The molecule has 116 valence electrons. The lowest BCUT2D eigenvalue weighted by Gasteiger charge is -2.34. The zero-order valence-electron chi connectivity index (χ0n) is 13.5. The van der Waals surface area contributed by atoms with Gasteiger partial charge in [0, 0.05) is 29.4 Å². The molecule has 1 atom stereocenters. The highest BCUT2D eigenvalue weighted by Crippen LogP contribution is 2.40. The van der Waals surface area contributed by atoms with E-state index in [2.05, 4.69) is 82.7 Å². The zero-order chi connectivity index (χ0) is 15.8. The van der Waals surface area contributed by atoms with E-state index in [1.54, 1.807) is 0 Å². The number of aromatic nitrogens is 3. The van der Waals surface area contributed by atoms with E-state index in [1.807, 2.05) is 0 Å². The van der Waals surface area contributed by atoms with Crippen LogP contribution >= 0.6 is 0 Å². The molecule has 0 saturated heterocycles. The van der Waals surface area contributed by atoms with Crippen molar-refractivity contribution in [2.45, 2.75) is 32.9 Å². The molecule has 0 bridgehead atoms. The van der Waals surface area contributed by atoms with Crippen LogP contribution < -0.4 is 4.90 Å². The van der Waals surface area contributed by atoms with Crippen LogP contribution in [-0.2, 0) is 6.54 Å². The summed E-state index contributed by atoms with van der Waals surface area (Å²) in [5.74, 6) is 0. The van der Waals surface area contributed by atoms with Crippen molar-refractivity contribution in [1.29, 1.82) is 0 Å². The number of H-pyrrole nitrogens is 1. The summed E-state index contributed by atoms with van der Waals surface area (Å²) < 4.78 is 0. The predicted octanol–water partition coefficient (Wildman–Crippen LogP) is 4.26. The molecule has 0 amide bonds. The van der Waals surface area contributed by atoms with Crippen molar-refractivity contribution in [1.82, 2.24) is 15.4 Å². The standard InChI is InChI=1S/C19H20N4/c1-3-13(2)23-12-14-8-4-5-9-15(14)18-19(21-22-20-18)16-10-6-7-11-17(16)23/h4-11,13H,3,12H2,1-2H3,(H,20,21,22). The van der Waals surface area contributed by atoms with Crippen molar-refractivity contribution in [2.75, 3.05) is 4.90 Å². The highest BCUT2D eigenvalue weighted by molar-refractivity contribution is 5.87. The molecule has 23 heavy (non-hydrogen) atoms. The largest absolute Gasteiger partial charge is 0.364 e. The van der Waals surface area contributed by atoms with Gasteiger partial charge in [0.1, 0.15) is 11.4 Å². The van der Waals surface area contributed by atoms with Gasteiger partial charge in [-0.2, -0.15) is 15.4 Å². The van der Waals surface area contributed by atoms with Crippen LogP contribution in [0.3, 0.4) is 0 Å². The molecule has 1 aromatic heterocycles. The Balaban J connectivity index is 2.02. The van der Waals surface area contributed by atoms with E-state index < -0.39 is 0 Å². The van der Waals surface area contributed by atoms with Crippen molar-refractivity contribution in [3.05, 3.63) is 54.1 Å². The Labute approximate surface area is 136 Å². The van der Waals surface area contributed by atoms with Gasteiger partial charge >= 0.3 is 0 Å². The Bertz CT molecular complexity index is 837. The third-order valence-electron chi connectivity index (χ3n) is 4.75. The normalized spacial score (nSPS) is 14.3. The Morgan fingerprint density at radius 3 is 2.43 bits per heavy atom. The van der Waals surface area contributed by atoms with Crippen molar-refractivity contribution < 1.29 is 0 Å². The summed E-state index contributed by atoms with van der Waals surface area (Å²) in [4.78, 5) is 2.48. The molecule has 1 N–H and O–H groups in total. The van der Waals surface area contributed by atoms with Crippen LogP contribution in [0.5, 0.6) is 0 Å². The van der Waals surface area contributed by atoms with Crippen LogP contribution in [0, 0.1) is 0 Å². The molecule has 4 rings (SSSR count). The molecule has 1 aliphatic heterocycles. The lowest BCUT2D eigenvalue weighted by molar-refractivity contribution is 0.615. The summed E-state index contributed by atoms with van der Waals surface area (Å²) in [5, 5.41) is 11.7. The quantitative estimate of drug-likeness (QED) is 0.769. The molecule has 0 radical (unpaired) electrons. The number of aromatic amines is 1. The lowest BCUT2D eigenvalue weighted by Crippen LogP contribution is -2.33. The molecular formula is C19H20N4. The highest BCUT2D eigenvalue weighted by Gasteiger charge is 2.26. The minimum Gasteiger partial charge on any atom is -0.364 e. The Hall–Kier alpha value is -2.62. The number of rotatable bonds is 2. The van der Waals surface area contributed by atoms with Gasteiger partial charge in [-0.25, -0.2) is 0 Å². The van der Waals surface area contributed by atoms with Crippen LogP contribution in [0.2, 0.25) is 0 Å². The predicted molar refractivity (Wildman–Crippen MR) is 93.2 cm³/mol. The average molecular weight is 304 g/mol. The SMILES string of the molecule is CCC(C)N1Cc2ccccc2-c2n[nH]nc2-c2ccccc21. The Morgan fingerprint density at radius 2 is 1.65 bits per heavy atom. The van der Waals surface area contributed by atoms with Gasteiger partial charge < -0.3 is 4.90 Å². The van der Waals surface area contributed by atoms with E-state index in [4.69, 9.17) is 0 Å². The molecule has 0 spiro atoms. The third-order valence-corrected chi connectivity index (χ3v) is 4.75. The van der Waals surface area contributed by atoms with Crippen molar-refractivity contribution >= 4 is 5.69 Å². The molecule has 1 unspecified atom stereocenters. The Kier molecular flexibility index (Phi) is 3.37. The van der Waals surface area contributed by atoms with Crippen LogP contribution in [0.1, 0.15) is 25.8 Å². The first-order valence-corrected chi connectivity index (χ1v) is 8.14. The maximum Gasteiger partial charge on any atom is 0.122 e. The van der Waals surface area contributed by atoms with E-state index in [-0.39, 0.29) is 0 Å². The number of para-hydroxylation sites is 1. The summed E-state index contributed by atoms with van der Waals surface area (Å²) in [6, 6.07) is 17.4. The summed E-state index contributed by atoms with van der Waals surface area (Å²) in [7, 11) is 0. The van der Waals surface area contributed by atoms with Crippen molar-refractivity contribution in [3.8, 4) is 22.5 Å². The van der Waals surface area contributed by atoms with Crippen molar-refractivity contribution in [2.24, 2.45) is 0 Å². The molecule has 1 aliphatic rings. The first-order valence-electron chi connectivity index (χ1n) is 8.14. The number of anilines is 1. The second-order valence-electron chi connectivity index (χ2n) is 6.08. The van der Waals surface area contributed by atoms with Gasteiger partial charge in [-0.15, -0.1) is 0 Å². The number of benzene rings is 2. The fraction of sp³-hybridized carbons (Fsp3) is 0.263. The molecule has 2 aromatic carbocycles. The maximum atomic E-state index is 4.46. The second kappa shape index (κ2) is 5.54. The maximum absolute atomic E-state index is 4.46. The smallest absolute Gasteiger partial charge is 0.122 e. The summed E-state index contributed by atoms with van der Waals surface area (Å²) >= 11 is 0. The summed E-state index contributed by atoms with van der Waals surface area (Å²) in [6.45, 7) is 5.40. The van der Waals surface area contributed by atoms with Gasteiger partial charge in [0.05, 0.1) is 0 Å². The van der Waals surface area contributed by atoms with E-state index in [0.717, 1.165) is 29.9 Å². The van der Waals surface area contributed by atoms with Crippen LogP contribution in [0.25, 0.3) is 22.5 Å². The van der Waals surface area contributed by atoms with Gasteiger partial charge in [-0.3, -0.25) is 0 Å². The zero-order valence-corrected chi connectivity index (χ0v) is 13.5. The molecule has 0 aliphatic carbocycles. The first kappa shape index (κ1) is 14.0. The number of nitrogens with one attached hydrogen (secondary N) is 1. The lowest BCUT2D eigenvalue weighted by atomic mass is 9.95. The molecule has 2 heterocycles. The topological polar surface area (TPSA) is 44.8 Å². The minimum atomic E-state index is 0.456. The van der Waals surface area contributed by atoms with E-state index >= 15 is 0 Å². The van der Waals surface area contributed by atoms with Gasteiger partial charge in [0.15, 0.2) is 0 Å². The van der Waals surface area contributed by atoms with E-state index in [0.29, 0.717) is 6.04 Å². The summed E-state index contributed by atoms with van der Waals surface area (Å²) in [5.41, 5.74) is 6.70. The van der Waals surface area contributed by atoms with E-state index in [1.165, 1.54) is 16.8 Å². The number of hydrogen-bond acceptors (Lipinski definition) is 3.